The molecule has 578 valence electrons. The number of esters is 1. The van der Waals surface area contributed by atoms with Gasteiger partial charge >= 0.3 is 5.97 Å². The second kappa shape index (κ2) is 28.2. The number of hydrogen-bond acceptors (Lipinski definition) is 6. The zero-order valence-electron chi connectivity index (χ0n) is 68.4. The number of carbonyl (C=O) groups is 1. The third kappa shape index (κ3) is 10.9. The summed E-state index contributed by atoms with van der Waals surface area (Å²) in [5, 5.41) is 0. The Morgan fingerprint density at radius 1 is 0.384 bits per heavy atom. The van der Waals surface area contributed by atoms with Crippen molar-refractivity contribution in [1.82, 2.24) is 0 Å². The summed E-state index contributed by atoms with van der Waals surface area (Å²) in [6.07, 6.45) is 39.3. The molecule has 3 aromatic heterocycles. The van der Waals surface area contributed by atoms with Gasteiger partial charge in [-0.25, -0.2) is 4.79 Å². The molecular formula is C106H118O3S3. The molecule has 0 saturated heterocycles. The maximum atomic E-state index is 13.6. The molecule has 3 nitrogen and oxygen atoms in total. The van der Waals surface area contributed by atoms with E-state index in [9.17, 15) is 4.79 Å². The lowest BCUT2D eigenvalue weighted by Crippen LogP contribution is -2.62. The van der Waals surface area contributed by atoms with Crippen molar-refractivity contribution in [2.45, 2.75) is 276 Å². The lowest BCUT2D eigenvalue weighted by atomic mass is 9.36. The Morgan fingerprint density at radius 2 is 0.741 bits per heavy atom. The van der Waals surface area contributed by atoms with Crippen LogP contribution in [0.2, 0.25) is 0 Å². The number of aryl methyl sites for hydroxylation is 1. The van der Waals surface area contributed by atoms with Crippen LogP contribution in [0, 0.1) is 39.4 Å². The highest BCUT2D eigenvalue weighted by Gasteiger charge is 2.71. The second-order valence-electron chi connectivity index (χ2n) is 38.1. The van der Waals surface area contributed by atoms with Crippen molar-refractivity contribution in [2.24, 2.45) is 32.5 Å². The van der Waals surface area contributed by atoms with Gasteiger partial charge in [-0.2, -0.15) is 0 Å². The van der Waals surface area contributed by atoms with Gasteiger partial charge in [-0.3, -0.25) is 0 Å². The number of rotatable bonds is 23. The van der Waals surface area contributed by atoms with E-state index in [2.05, 4.69) is 214 Å². The third-order valence-corrected chi connectivity index (χ3v) is 35.7. The van der Waals surface area contributed by atoms with Crippen molar-refractivity contribution >= 4 is 49.4 Å². The van der Waals surface area contributed by atoms with Gasteiger partial charge in [0.2, 0.25) is 0 Å². The summed E-state index contributed by atoms with van der Waals surface area (Å²) in [6, 6.07) is 64.7. The normalized spacial score (nSPS) is 28.3. The Labute approximate surface area is 681 Å². The summed E-state index contributed by atoms with van der Waals surface area (Å²) >= 11 is 5.95. The summed E-state index contributed by atoms with van der Waals surface area (Å²) in [5.41, 5.74) is 28.9. The average molecular weight is 1540 g/mol. The first-order chi connectivity index (χ1) is 54.4. The summed E-state index contributed by atoms with van der Waals surface area (Å²) in [6.45, 7) is 28.1. The van der Waals surface area contributed by atoms with Crippen LogP contribution in [0.3, 0.4) is 0 Å². The van der Waals surface area contributed by atoms with E-state index in [1.54, 1.807) is 45.5 Å². The number of carbonyl (C=O) groups excluding carboxylic acids is 1. The van der Waals surface area contributed by atoms with Gasteiger partial charge in [-0.1, -0.05) is 236 Å². The first kappa shape index (κ1) is 74.7. The van der Waals surface area contributed by atoms with Crippen LogP contribution in [-0.4, -0.2) is 18.2 Å². The highest BCUT2D eigenvalue weighted by Crippen LogP contribution is 2.79. The van der Waals surface area contributed by atoms with Crippen molar-refractivity contribution < 1.29 is 14.3 Å². The first-order valence-corrected chi connectivity index (χ1v) is 46.6. The average Bonchev–Trinajstić information content (AvgIpc) is 1.49. The number of unbranched alkanes of at least 4 members (excludes halogenated alkanes) is 6. The van der Waals surface area contributed by atoms with Crippen molar-refractivity contribution in [3.05, 3.63) is 222 Å². The molecule has 0 N–H and O–H groups in total. The zero-order valence-corrected chi connectivity index (χ0v) is 70.8. The predicted molar refractivity (Wildman–Crippen MR) is 476 cm³/mol. The summed E-state index contributed by atoms with van der Waals surface area (Å²) < 4.78 is 15.1. The minimum absolute atomic E-state index is 0.0566. The van der Waals surface area contributed by atoms with Crippen LogP contribution in [-0.2, 0) is 25.8 Å². The van der Waals surface area contributed by atoms with Gasteiger partial charge in [0.05, 0.1) is 0 Å². The smallest absolute Gasteiger partial charge is 0.348 e. The number of fused-ring (bicyclic) bond motifs is 10. The zero-order chi connectivity index (χ0) is 76.8. The fraction of sp³-hybridized carbons (Fsp3) is 0.462. The van der Waals surface area contributed by atoms with Crippen molar-refractivity contribution in [2.75, 3.05) is 0 Å². The van der Waals surface area contributed by atoms with Gasteiger partial charge in [-0.15, -0.1) is 34.0 Å². The molecule has 10 aromatic rings. The van der Waals surface area contributed by atoms with Gasteiger partial charge in [0.15, 0.2) is 6.10 Å². The second-order valence-corrected chi connectivity index (χ2v) is 41.3. The number of thiophene rings is 3. The number of ether oxygens (including phenoxy) is 2. The predicted octanol–water partition coefficient (Wildman–Crippen LogP) is 31.3. The molecule has 0 radical (unpaired) electrons. The van der Waals surface area contributed by atoms with Crippen LogP contribution in [0.15, 0.2) is 183 Å². The minimum atomic E-state index is -0.703. The van der Waals surface area contributed by atoms with E-state index < -0.39 is 12.2 Å². The molecule has 1 unspecified atom stereocenters. The molecule has 1 atom stereocenters. The summed E-state index contributed by atoms with van der Waals surface area (Å²) in [5.74, 6) is 0.301. The van der Waals surface area contributed by atoms with Crippen LogP contribution in [0.5, 0.6) is 5.75 Å². The fourth-order valence-electron chi connectivity index (χ4n) is 28.0. The van der Waals surface area contributed by atoms with Gasteiger partial charge in [0.25, 0.3) is 0 Å². The van der Waals surface area contributed by atoms with Crippen LogP contribution in [0.25, 0.3) is 95.7 Å². The maximum absolute atomic E-state index is 13.6. The minimum Gasteiger partial charge on any atom is -0.479 e. The molecule has 6 heteroatoms. The molecule has 9 aliphatic carbocycles. The largest absolute Gasteiger partial charge is 0.479 e. The quantitative estimate of drug-likeness (QED) is 0.0364. The van der Waals surface area contributed by atoms with E-state index >= 15 is 0 Å². The summed E-state index contributed by atoms with van der Waals surface area (Å²) in [4.78, 5) is 18.9. The first-order valence-electron chi connectivity index (χ1n) is 44.1. The van der Waals surface area contributed by atoms with Crippen LogP contribution in [0.1, 0.15) is 280 Å². The van der Waals surface area contributed by atoms with Crippen LogP contribution >= 0.6 is 34.0 Å². The molecule has 6 saturated carbocycles. The van der Waals surface area contributed by atoms with Gasteiger partial charge in [0, 0.05) is 45.2 Å². The Bertz CT molecular complexity index is 5210. The topological polar surface area (TPSA) is 35.5 Å². The highest BCUT2D eigenvalue weighted by atomic mass is 32.1. The fourth-order valence-corrected chi connectivity index (χ4v) is 31.4. The van der Waals surface area contributed by atoms with Crippen molar-refractivity contribution in [3.63, 3.8) is 0 Å². The van der Waals surface area contributed by atoms with Gasteiger partial charge < -0.3 is 9.47 Å². The molecular weight excluding hydrogens is 1420 g/mol. The Morgan fingerprint density at radius 3 is 1.17 bits per heavy atom. The highest BCUT2D eigenvalue weighted by molar-refractivity contribution is 7.31. The summed E-state index contributed by atoms with van der Waals surface area (Å²) in [7, 11) is 0. The van der Waals surface area contributed by atoms with Crippen molar-refractivity contribution in [3.8, 4) is 92.0 Å². The molecule has 6 bridgehead atoms. The number of hydrogen-bond donors (Lipinski definition) is 0. The Balaban J connectivity index is 0.643. The van der Waals surface area contributed by atoms with E-state index in [4.69, 9.17) is 9.47 Å². The molecule has 3 heterocycles. The Kier molecular flexibility index (Phi) is 18.8. The standard InChI is InChI=1S/C106H118O3S3/c1-11-16-17-18-19-20-21-28-90(97(107)109-76(14-4)15-5)108-77-37-30-70(31-38-77)91-45-46-92(110-91)73-34-42-81-79-40-32-71(62-85(79)104(87(81)64-73)98(7)49-22-51-99(104,8)52-23-50-98)72-33-41-80-82-43-35-74(65-88(82)105(86(80)63-72)100(9)53-24-55-101(105,10)56-25-54-100)93-67-95-96(111-93)68-94(112-95)75-36-44-83-78-39-29-69(6)61-84(78)106(89(83)66-75)102(47-12-2)57-26-59-103(106,48-13-3)60-27-58-102/h14-15,29-46,61-68,76,90H,4-5,11-13,16-28,47-60H2,1-3,6-10H3. The lowest BCUT2D eigenvalue weighted by molar-refractivity contribution is -0.153. The van der Waals surface area contributed by atoms with E-state index in [1.165, 1.54) is 269 Å². The number of benzene rings is 7. The molecule has 0 amide bonds. The van der Waals surface area contributed by atoms with Crippen LogP contribution < -0.4 is 4.74 Å². The third-order valence-electron chi connectivity index (χ3n) is 32.2. The SMILES string of the molecule is C=CC(C=C)OC(=O)C(CCCCCCCCC)Oc1ccc(-c2ccc(-c3ccc4c(c3)C3(c5cc(-c6ccc7c(c6)C6(c8cc(-c9cc%10sc(-c%11ccc%12c(c%11)C%11(c%13cc(C)ccc%13-%12)C%12(CCC)CCCC%11(CCC)CCC%12)cc%10s9)ccc8-7)C7(C)CCCC6(C)CCC7)ccc5-4)C4(C)CCCC3(C)CCC4)s2)cc1. The van der Waals surface area contributed by atoms with E-state index in [0.717, 1.165) is 18.4 Å². The molecule has 9 aliphatic rings. The van der Waals surface area contributed by atoms with Gasteiger partial charge in [0.1, 0.15) is 11.9 Å². The molecule has 6 fully saturated rings. The van der Waals surface area contributed by atoms with E-state index in [-0.39, 0.29) is 43.9 Å². The van der Waals surface area contributed by atoms with Gasteiger partial charge in [-0.05, 0) is 333 Å². The van der Waals surface area contributed by atoms with Crippen molar-refractivity contribution in [1.29, 1.82) is 0 Å². The Hall–Kier alpha value is -7.35. The maximum Gasteiger partial charge on any atom is 0.348 e. The molecule has 7 aromatic carbocycles. The van der Waals surface area contributed by atoms with E-state index in [0.29, 0.717) is 23.0 Å². The molecule has 112 heavy (non-hydrogen) atoms. The molecule has 3 spiro atoms. The molecule has 0 aliphatic heterocycles. The monoisotopic (exact) mass is 1530 g/mol. The van der Waals surface area contributed by atoms with Crippen LogP contribution in [0.4, 0.5) is 0 Å². The lowest BCUT2D eigenvalue weighted by Gasteiger charge is -2.67. The molecule has 19 rings (SSSR count). The van der Waals surface area contributed by atoms with E-state index in [1.807, 2.05) is 46.1 Å².